The molecular weight excluding hydrogens is 300 g/mol. The molecule has 0 fully saturated rings. The third kappa shape index (κ3) is 4.61. The second-order valence-electron chi connectivity index (χ2n) is 5.48. The molecule has 7 heteroatoms. The number of amides is 1. The second kappa shape index (κ2) is 7.49. The van der Waals surface area contributed by atoms with Crippen LogP contribution in [0.3, 0.4) is 0 Å². The van der Waals surface area contributed by atoms with Crippen LogP contribution < -0.4 is 10.1 Å². The van der Waals surface area contributed by atoms with E-state index in [1.165, 1.54) is 25.3 Å². The largest absolute Gasteiger partial charge is 0.507 e. The molecule has 0 radical (unpaired) electrons. The average Bonchev–Trinajstić information content (AvgIpc) is 2.52. The first-order valence-corrected chi connectivity index (χ1v) is 7.00. The Bertz CT molecular complexity index is 636. The predicted octanol–water partition coefficient (Wildman–Crippen LogP) is 1.61. The van der Waals surface area contributed by atoms with Crippen molar-refractivity contribution < 1.29 is 24.2 Å². The Hall–Kier alpha value is -2.75. The predicted molar refractivity (Wildman–Crippen MR) is 81.9 cm³/mol. The molecule has 0 aliphatic carbocycles. The highest BCUT2D eigenvalue weighted by molar-refractivity contribution is 5.94. The van der Waals surface area contributed by atoms with Gasteiger partial charge in [-0.15, -0.1) is 0 Å². The minimum absolute atomic E-state index is 0.0782. The first-order chi connectivity index (χ1) is 10.7. The Balaban J connectivity index is 2.66. The maximum atomic E-state index is 11.9. The first kappa shape index (κ1) is 18.3. The van der Waals surface area contributed by atoms with E-state index in [0.29, 0.717) is 5.75 Å². The van der Waals surface area contributed by atoms with Crippen LogP contribution in [0.4, 0.5) is 0 Å². The molecule has 0 aromatic heterocycles. The highest BCUT2D eigenvalue weighted by Gasteiger charge is 2.30. The van der Waals surface area contributed by atoms with Crippen LogP contribution in [-0.2, 0) is 9.53 Å². The van der Waals surface area contributed by atoms with Gasteiger partial charge in [0.1, 0.15) is 22.6 Å². The van der Waals surface area contributed by atoms with Crippen molar-refractivity contribution in [3.05, 3.63) is 23.8 Å². The number of rotatable bonds is 6. The number of benzene rings is 1. The number of nitrogens with one attached hydrogen (secondary N) is 1. The average molecular weight is 320 g/mol. The first-order valence-electron chi connectivity index (χ1n) is 7.00. The number of phenols is 1. The van der Waals surface area contributed by atoms with E-state index in [-0.39, 0.29) is 17.2 Å². The molecule has 0 saturated heterocycles. The van der Waals surface area contributed by atoms with Gasteiger partial charge in [-0.1, -0.05) is 13.8 Å². The van der Waals surface area contributed by atoms with Crippen LogP contribution in [0.15, 0.2) is 18.2 Å². The third-order valence-electron chi connectivity index (χ3n) is 3.55. The van der Waals surface area contributed by atoms with Gasteiger partial charge in [-0.25, -0.2) is 4.79 Å². The molecular formula is C16H20N2O5. The molecule has 2 N–H and O–H groups in total. The molecule has 0 bridgehead atoms. The van der Waals surface area contributed by atoms with Crippen LogP contribution in [0.1, 0.15) is 31.1 Å². The van der Waals surface area contributed by atoms with Crippen molar-refractivity contribution in [2.24, 2.45) is 5.92 Å². The van der Waals surface area contributed by atoms with Crippen LogP contribution in [0.5, 0.6) is 11.5 Å². The van der Waals surface area contributed by atoms with Crippen LogP contribution in [0.25, 0.3) is 0 Å². The second-order valence-corrected chi connectivity index (χ2v) is 5.48. The maximum absolute atomic E-state index is 11.9. The van der Waals surface area contributed by atoms with Gasteiger partial charge in [0, 0.05) is 6.07 Å². The third-order valence-corrected chi connectivity index (χ3v) is 3.55. The molecule has 0 spiro atoms. The minimum atomic E-state index is -1.05. The summed E-state index contributed by atoms with van der Waals surface area (Å²) >= 11 is 0. The zero-order chi connectivity index (χ0) is 17.6. The number of hydrogen-bond donors (Lipinski definition) is 2. The minimum Gasteiger partial charge on any atom is -0.507 e. The summed E-state index contributed by atoms with van der Waals surface area (Å²) < 4.78 is 9.76. The molecule has 0 heterocycles. The van der Waals surface area contributed by atoms with E-state index >= 15 is 0 Å². The molecule has 124 valence electrons. The number of esters is 1. The molecule has 1 amide bonds. The molecule has 23 heavy (non-hydrogen) atoms. The number of aromatic hydroxyl groups is 1. The van der Waals surface area contributed by atoms with Gasteiger partial charge in [-0.05, 0) is 25.0 Å². The quantitative estimate of drug-likeness (QED) is 0.771. The Morgan fingerprint density at radius 1 is 1.43 bits per heavy atom. The van der Waals surface area contributed by atoms with Crippen molar-refractivity contribution in [3.8, 4) is 17.6 Å². The smallest absolute Gasteiger partial charge is 0.342 e. The van der Waals surface area contributed by atoms with E-state index in [4.69, 9.17) is 14.7 Å². The molecule has 0 saturated carbocycles. The highest BCUT2D eigenvalue weighted by Crippen LogP contribution is 2.24. The number of carbonyl (C=O) groups is 2. The van der Waals surface area contributed by atoms with Gasteiger partial charge in [0.25, 0.3) is 5.91 Å². The van der Waals surface area contributed by atoms with Crippen molar-refractivity contribution in [1.29, 1.82) is 5.26 Å². The van der Waals surface area contributed by atoms with Gasteiger partial charge >= 0.3 is 5.97 Å². The van der Waals surface area contributed by atoms with Gasteiger partial charge in [-0.2, -0.15) is 5.26 Å². The molecule has 1 rings (SSSR count). The summed E-state index contributed by atoms with van der Waals surface area (Å²) in [4.78, 5) is 23.7. The van der Waals surface area contributed by atoms with Crippen LogP contribution in [0.2, 0.25) is 0 Å². The summed E-state index contributed by atoms with van der Waals surface area (Å²) in [6, 6.07) is 6.11. The summed E-state index contributed by atoms with van der Waals surface area (Å²) in [5.74, 6) is -1.47. The van der Waals surface area contributed by atoms with E-state index in [9.17, 15) is 14.7 Å². The lowest BCUT2D eigenvalue weighted by atomic mass is 9.90. The highest BCUT2D eigenvalue weighted by atomic mass is 16.5. The lowest BCUT2D eigenvalue weighted by molar-refractivity contribution is -0.125. The monoisotopic (exact) mass is 320 g/mol. The Kier molecular flexibility index (Phi) is 5.96. The summed E-state index contributed by atoms with van der Waals surface area (Å²) in [6.45, 7) is 4.64. The van der Waals surface area contributed by atoms with Crippen molar-refractivity contribution in [2.75, 3.05) is 13.7 Å². The SMILES string of the molecule is COc1ccc(C(=O)OCC(=O)N[C@](C)(C#N)C(C)C)c(O)c1. The number of hydrogen-bond acceptors (Lipinski definition) is 6. The van der Waals surface area contributed by atoms with Crippen LogP contribution >= 0.6 is 0 Å². The van der Waals surface area contributed by atoms with Crippen LogP contribution in [-0.4, -0.2) is 36.2 Å². The fourth-order valence-corrected chi connectivity index (χ4v) is 1.65. The van der Waals surface area contributed by atoms with Crippen molar-refractivity contribution in [2.45, 2.75) is 26.3 Å². The number of phenolic OH excluding ortho intramolecular Hbond substituents is 1. The van der Waals surface area contributed by atoms with Crippen LogP contribution in [0, 0.1) is 17.2 Å². The fraction of sp³-hybridized carbons (Fsp3) is 0.438. The van der Waals surface area contributed by atoms with Crippen molar-refractivity contribution >= 4 is 11.9 Å². The standard InChI is InChI=1S/C16H20N2O5/c1-10(2)16(3,9-17)18-14(20)8-23-15(21)12-6-5-11(22-4)7-13(12)19/h5-7,10,19H,8H2,1-4H3,(H,18,20)/t16-/m1/s1. The molecule has 1 atom stereocenters. The van der Waals surface area contributed by atoms with E-state index in [1.54, 1.807) is 20.8 Å². The van der Waals surface area contributed by atoms with Gasteiger partial charge in [-0.3, -0.25) is 4.79 Å². The summed E-state index contributed by atoms with van der Waals surface area (Å²) in [7, 11) is 1.43. The molecule has 0 aliphatic rings. The lowest BCUT2D eigenvalue weighted by Crippen LogP contribution is -2.50. The van der Waals surface area contributed by atoms with E-state index in [0.717, 1.165) is 0 Å². The molecule has 1 aromatic rings. The van der Waals surface area contributed by atoms with E-state index in [2.05, 4.69) is 5.32 Å². The van der Waals surface area contributed by atoms with Crippen molar-refractivity contribution in [3.63, 3.8) is 0 Å². The topological polar surface area (TPSA) is 109 Å². The van der Waals surface area contributed by atoms with Gasteiger partial charge in [0.15, 0.2) is 6.61 Å². The Labute approximate surface area is 134 Å². The number of methoxy groups -OCH3 is 1. The van der Waals surface area contributed by atoms with Crippen molar-refractivity contribution in [1.82, 2.24) is 5.32 Å². The van der Waals surface area contributed by atoms with E-state index in [1.807, 2.05) is 6.07 Å². The van der Waals surface area contributed by atoms with E-state index < -0.39 is 24.0 Å². The zero-order valence-corrected chi connectivity index (χ0v) is 13.5. The number of ether oxygens (including phenoxy) is 2. The normalized spacial score (nSPS) is 12.9. The zero-order valence-electron chi connectivity index (χ0n) is 13.5. The van der Waals surface area contributed by atoms with Gasteiger partial charge in [0.2, 0.25) is 0 Å². The fourth-order valence-electron chi connectivity index (χ4n) is 1.65. The maximum Gasteiger partial charge on any atom is 0.342 e. The molecule has 1 aromatic carbocycles. The molecule has 0 aliphatic heterocycles. The summed E-state index contributed by atoms with van der Waals surface area (Å²) in [6.07, 6.45) is 0. The summed E-state index contributed by atoms with van der Waals surface area (Å²) in [5.41, 5.74) is -1.13. The number of nitriles is 1. The van der Waals surface area contributed by atoms with Gasteiger partial charge in [0.05, 0.1) is 13.2 Å². The Morgan fingerprint density at radius 3 is 2.57 bits per heavy atom. The number of nitrogens with zero attached hydrogens (tertiary/aromatic N) is 1. The summed E-state index contributed by atoms with van der Waals surface area (Å²) in [5, 5.41) is 21.4. The molecule has 0 unspecified atom stereocenters. The lowest BCUT2D eigenvalue weighted by Gasteiger charge is -2.27. The molecule has 7 nitrogen and oxygen atoms in total. The number of carbonyl (C=O) groups excluding carboxylic acids is 2. The Morgan fingerprint density at radius 2 is 2.09 bits per heavy atom. The van der Waals surface area contributed by atoms with Gasteiger partial charge < -0.3 is 19.9 Å².